The molecule has 9 heteroatoms. The van der Waals surface area contributed by atoms with Crippen LogP contribution in [0.3, 0.4) is 0 Å². The van der Waals surface area contributed by atoms with E-state index in [9.17, 15) is 14.7 Å². The lowest BCUT2D eigenvalue weighted by molar-refractivity contribution is -0.119. The number of hydrazone groups is 1. The molecule has 0 saturated heterocycles. The third kappa shape index (κ3) is 4.97. The minimum Gasteiger partial charge on any atom is -0.504 e. The number of aromatic hydroxyl groups is 1. The molecule has 3 aromatic carbocycles. The predicted octanol–water partition coefficient (Wildman–Crippen LogP) is 5.84. The fourth-order valence-corrected chi connectivity index (χ4v) is 4.48. The monoisotopic (exact) mass is 511 g/mol. The number of hydrogen-bond donors (Lipinski definition) is 2. The third-order valence-electron chi connectivity index (χ3n) is 5.86. The van der Waals surface area contributed by atoms with Crippen LogP contribution in [0.4, 0.5) is 5.69 Å². The Labute approximate surface area is 212 Å². The molecule has 2 unspecified atom stereocenters. The van der Waals surface area contributed by atoms with Crippen LogP contribution < -0.4 is 10.1 Å². The van der Waals surface area contributed by atoms with Crippen LogP contribution in [0.2, 0.25) is 10.0 Å². The summed E-state index contributed by atoms with van der Waals surface area (Å²) in [5, 5.41) is 19.9. The SMILES string of the molecule is COc1cc(C2C(C(=O)Nc3ccc(Cl)cc3)C(C)=NN2C(=O)c2ccc(Cl)cc2C)ccc1O. The second-order valence-corrected chi connectivity index (χ2v) is 9.07. The molecule has 35 heavy (non-hydrogen) atoms. The number of nitrogens with one attached hydrogen (secondary N) is 1. The number of ether oxygens (including phenoxy) is 1. The first-order valence-electron chi connectivity index (χ1n) is 10.8. The summed E-state index contributed by atoms with van der Waals surface area (Å²) >= 11 is 12.0. The van der Waals surface area contributed by atoms with E-state index in [1.54, 1.807) is 68.4 Å². The maximum absolute atomic E-state index is 13.6. The molecule has 1 aliphatic rings. The maximum Gasteiger partial charge on any atom is 0.274 e. The van der Waals surface area contributed by atoms with Gasteiger partial charge in [0.15, 0.2) is 11.5 Å². The normalized spacial score (nSPS) is 17.2. The van der Waals surface area contributed by atoms with Gasteiger partial charge in [-0.2, -0.15) is 5.10 Å². The van der Waals surface area contributed by atoms with E-state index in [-0.39, 0.29) is 23.3 Å². The van der Waals surface area contributed by atoms with Gasteiger partial charge in [0.1, 0.15) is 5.92 Å². The van der Waals surface area contributed by atoms with Crippen LogP contribution >= 0.6 is 23.2 Å². The molecule has 0 spiro atoms. The van der Waals surface area contributed by atoms with Gasteiger partial charge in [-0.15, -0.1) is 0 Å². The largest absolute Gasteiger partial charge is 0.504 e. The van der Waals surface area contributed by atoms with Gasteiger partial charge < -0.3 is 15.2 Å². The number of benzene rings is 3. The lowest BCUT2D eigenvalue weighted by atomic mass is 9.89. The van der Waals surface area contributed by atoms with Crippen LogP contribution in [0.5, 0.6) is 11.5 Å². The fraction of sp³-hybridized carbons (Fsp3) is 0.192. The summed E-state index contributed by atoms with van der Waals surface area (Å²) < 4.78 is 5.27. The number of phenolic OH excluding ortho intramolecular Hbond substituents is 1. The number of carbonyl (C=O) groups excluding carboxylic acids is 2. The number of hydrogen-bond acceptors (Lipinski definition) is 5. The number of halogens is 2. The standard InChI is InChI=1S/C26H23Cl2N3O4/c1-14-12-18(28)7-10-20(14)26(34)31-24(16-4-11-21(32)22(13-16)35-3)23(15(2)30-31)25(33)29-19-8-5-17(27)6-9-19/h4-13,23-24,32H,1-3H3,(H,29,33). The first-order chi connectivity index (χ1) is 16.7. The first-order valence-corrected chi connectivity index (χ1v) is 11.5. The highest BCUT2D eigenvalue weighted by Gasteiger charge is 2.44. The zero-order valence-electron chi connectivity index (χ0n) is 19.3. The average Bonchev–Trinajstić information content (AvgIpc) is 3.17. The highest BCUT2D eigenvalue weighted by atomic mass is 35.5. The number of nitrogens with zero attached hydrogens (tertiary/aromatic N) is 2. The van der Waals surface area contributed by atoms with Crippen molar-refractivity contribution in [1.82, 2.24) is 5.01 Å². The molecule has 4 rings (SSSR count). The van der Waals surface area contributed by atoms with Crippen molar-refractivity contribution in [2.75, 3.05) is 12.4 Å². The molecule has 2 amide bonds. The number of anilines is 1. The highest BCUT2D eigenvalue weighted by Crippen LogP contribution is 2.40. The number of carbonyl (C=O) groups is 2. The predicted molar refractivity (Wildman–Crippen MR) is 136 cm³/mol. The number of phenols is 1. The molecule has 0 radical (unpaired) electrons. The van der Waals surface area contributed by atoms with Crippen molar-refractivity contribution in [3.8, 4) is 11.5 Å². The van der Waals surface area contributed by atoms with E-state index in [0.717, 1.165) is 0 Å². The summed E-state index contributed by atoms with van der Waals surface area (Å²) in [7, 11) is 1.43. The van der Waals surface area contributed by atoms with Crippen molar-refractivity contribution in [2.24, 2.45) is 11.0 Å². The average molecular weight is 512 g/mol. The van der Waals surface area contributed by atoms with Gasteiger partial charge in [-0.3, -0.25) is 9.59 Å². The molecule has 0 bridgehead atoms. The van der Waals surface area contributed by atoms with Crippen LogP contribution in [-0.4, -0.2) is 34.8 Å². The third-order valence-corrected chi connectivity index (χ3v) is 6.35. The van der Waals surface area contributed by atoms with Gasteiger partial charge in [-0.1, -0.05) is 29.3 Å². The zero-order valence-corrected chi connectivity index (χ0v) is 20.8. The van der Waals surface area contributed by atoms with Crippen molar-refractivity contribution in [3.05, 3.63) is 87.4 Å². The molecular weight excluding hydrogens is 489 g/mol. The van der Waals surface area contributed by atoms with E-state index in [1.807, 2.05) is 0 Å². The second-order valence-electron chi connectivity index (χ2n) is 8.20. The zero-order chi connectivity index (χ0) is 25.3. The fourth-order valence-electron chi connectivity index (χ4n) is 4.12. The van der Waals surface area contributed by atoms with Gasteiger partial charge in [0.05, 0.1) is 18.9 Å². The Kier molecular flexibility index (Phi) is 7.00. The molecule has 1 aliphatic heterocycles. The van der Waals surface area contributed by atoms with E-state index in [1.165, 1.54) is 18.2 Å². The Hall–Kier alpha value is -3.55. The number of methoxy groups -OCH3 is 1. The Morgan fingerprint density at radius 3 is 2.34 bits per heavy atom. The van der Waals surface area contributed by atoms with Gasteiger partial charge in [0.2, 0.25) is 5.91 Å². The Morgan fingerprint density at radius 2 is 1.69 bits per heavy atom. The summed E-state index contributed by atoms with van der Waals surface area (Å²) in [5.74, 6) is -1.35. The molecule has 1 heterocycles. The van der Waals surface area contributed by atoms with E-state index in [0.29, 0.717) is 38.1 Å². The van der Waals surface area contributed by atoms with Gasteiger partial charge in [0, 0.05) is 21.3 Å². The maximum atomic E-state index is 13.6. The quantitative estimate of drug-likeness (QED) is 0.449. The molecule has 0 aliphatic carbocycles. The van der Waals surface area contributed by atoms with E-state index >= 15 is 0 Å². The summed E-state index contributed by atoms with van der Waals surface area (Å²) in [5.41, 5.74) is 2.71. The minimum absolute atomic E-state index is 0.0551. The van der Waals surface area contributed by atoms with Crippen molar-refractivity contribution in [1.29, 1.82) is 0 Å². The van der Waals surface area contributed by atoms with E-state index in [4.69, 9.17) is 27.9 Å². The van der Waals surface area contributed by atoms with Crippen LogP contribution in [0.1, 0.15) is 34.5 Å². The van der Waals surface area contributed by atoms with Crippen molar-refractivity contribution in [2.45, 2.75) is 19.9 Å². The summed E-state index contributed by atoms with van der Waals surface area (Å²) in [6, 6.07) is 15.7. The summed E-state index contributed by atoms with van der Waals surface area (Å²) in [4.78, 5) is 27.1. The van der Waals surface area contributed by atoms with Crippen LogP contribution in [0.25, 0.3) is 0 Å². The molecule has 7 nitrogen and oxygen atoms in total. The molecule has 0 fully saturated rings. The molecule has 180 valence electrons. The highest BCUT2D eigenvalue weighted by molar-refractivity contribution is 6.31. The van der Waals surface area contributed by atoms with Gasteiger partial charge in [-0.25, -0.2) is 5.01 Å². The van der Waals surface area contributed by atoms with E-state index in [2.05, 4.69) is 10.4 Å². The van der Waals surface area contributed by atoms with Crippen LogP contribution in [0.15, 0.2) is 65.8 Å². The molecule has 2 atom stereocenters. The van der Waals surface area contributed by atoms with Crippen molar-refractivity contribution >= 4 is 46.4 Å². The molecule has 0 saturated carbocycles. The lowest BCUT2D eigenvalue weighted by Gasteiger charge is -2.27. The Bertz CT molecular complexity index is 1320. The van der Waals surface area contributed by atoms with Crippen LogP contribution in [-0.2, 0) is 4.79 Å². The minimum atomic E-state index is -0.795. The molecule has 3 aromatic rings. The summed E-state index contributed by atoms with van der Waals surface area (Å²) in [6.45, 7) is 3.49. The number of aryl methyl sites for hydroxylation is 1. The Balaban J connectivity index is 1.76. The topological polar surface area (TPSA) is 91.2 Å². The smallest absolute Gasteiger partial charge is 0.274 e. The molecule has 0 aromatic heterocycles. The Morgan fingerprint density at radius 1 is 1.00 bits per heavy atom. The summed E-state index contributed by atoms with van der Waals surface area (Å²) in [6.07, 6.45) is 0. The number of rotatable bonds is 5. The van der Waals surface area contributed by atoms with Crippen LogP contribution in [0, 0.1) is 12.8 Å². The first kappa shape index (κ1) is 24.6. The van der Waals surface area contributed by atoms with E-state index < -0.39 is 12.0 Å². The van der Waals surface area contributed by atoms with Gasteiger partial charge >= 0.3 is 0 Å². The molecule has 2 N–H and O–H groups in total. The van der Waals surface area contributed by atoms with Crippen molar-refractivity contribution in [3.63, 3.8) is 0 Å². The second kappa shape index (κ2) is 9.98. The van der Waals surface area contributed by atoms with Gasteiger partial charge in [-0.05, 0) is 79.6 Å². The lowest BCUT2D eigenvalue weighted by Crippen LogP contribution is -2.36. The van der Waals surface area contributed by atoms with Crippen molar-refractivity contribution < 1.29 is 19.4 Å². The molecular formula is C26H23Cl2N3O4. The number of amides is 2. The van der Waals surface area contributed by atoms with Gasteiger partial charge in [0.25, 0.3) is 5.91 Å².